The zero-order valence-electron chi connectivity index (χ0n) is 7.54. The first-order valence-electron chi connectivity index (χ1n) is 3.77. The molecule has 1 saturated carbocycles. The Kier molecular flexibility index (Phi) is 3.15. The molecule has 1 fully saturated rings. The largest absolute Gasteiger partial charge is 0.364 e. The molecule has 0 aromatic rings. The maximum absolute atomic E-state index is 13.0. The van der Waals surface area contributed by atoms with Crippen molar-refractivity contribution in [3.8, 4) is 0 Å². The number of hydrogen-bond acceptors (Lipinski definition) is 0. The van der Waals surface area contributed by atoms with Crippen LogP contribution in [-0.2, 0) is 0 Å². The molecule has 12 heteroatoms. The summed E-state index contributed by atoms with van der Waals surface area (Å²) in [6, 6.07) is 0. The van der Waals surface area contributed by atoms with Gasteiger partial charge in [-0.1, -0.05) is 0 Å². The molecule has 0 aromatic heterocycles. The molecule has 0 heterocycles. The molecular formula is C6Br2F10. The summed E-state index contributed by atoms with van der Waals surface area (Å²) in [6.07, 6.45) is 0. The molecule has 0 radical (unpaired) electrons. The van der Waals surface area contributed by atoms with Crippen molar-refractivity contribution < 1.29 is 43.9 Å². The monoisotopic (exact) mass is 420 g/mol. The minimum atomic E-state index is -6.44. The van der Waals surface area contributed by atoms with Gasteiger partial charge in [0.2, 0.25) is 0 Å². The fraction of sp³-hybridized carbons (Fsp3) is 1.00. The number of alkyl halides is 12. The van der Waals surface area contributed by atoms with Gasteiger partial charge in [0.15, 0.2) is 0 Å². The lowest BCUT2D eigenvalue weighted by atomic mass is 9.83. The predicted octanol–water partition coefficient (Wildman–Crippen LogP) is 4.66. The van der Waals surface area contributed by atoms with E-state index in [0.717, 1.165) is 31.9 Å². The van der Waals surface area contributed by atoms with Crippen molar-refractivity contribution in [3.05, 3.63) is 0 Å². The van der Waals surface area contributed by atoms with Gasteiger partial charge in [-0.15, -0.1) is 0 Å². The SMILES string of the molecule is FC1(F)C(F)(F)C(F)(Br)C(F)(F)C(F)(F)C1(F)Br. The highest BCUT2D eigenvalue weighted by Gasteiger charge is 2.99. The van der Waals surface area contributed by atoms with E-state index in [1.165, 1.54) is 0 Å². The standard InChI is InChI=1S/C6Br2F10/c7-1(9)3(11,12)5(15,16)2(8,10)6(17,18)4(1,13)14. The normalized spacial score (nSPS) is 44.7. The Hall–Kier alpha value is 0.260. The summed E-state index contributed by atoms with van der Waals surface area (Å²) in [6.45, 7) is 0. The van der Waals surface area contributed by atoms with Crippen molar-refractivity contribution in [2.45, 2.75) is 32.8 Å². The summed E-state index contributed by atoms with van der Waals surface area (Å²) in [5.74, 6) is -25.8. The quantitative estimate of drug-likeness (QED) is 0.394. The number of hydrogen-bond donors (Lipinski definition) is 0. The Bertz CT molecular complexity index is 256. The van der Waals surface area contributed by atoms with Gasteiger partial charge in [0.05, 0.1) is 0 Å². The molecule has 0 nitrogen and oxygen atoms in total. The van der Waals surface area contributed by atoms with Crippen molar-refractivity contribution >= 4 is 31.9 Å². The van der Waals surface area contributed by atoms with Crippen LogP contribution in [0.25, 0.3) is 0 Å². The van der Waals surface area contributed by atoms with E-state index in [0.29, 0.717) is 0 Å². The van der Waals surface area contributed by atoms with Gasteiger partial charge in [-0.3, -0.25) is 0 Å². The van der Waals surface area contributed by atoms with Gasteiger partial charge in [0.25, 0.3) is 0 Å². The molecule has 0 aliphatic heterocycles. The summed E-state index contributed by atoms with van der Waals surface area (Å²) < 4.78 is 117. The Labute approximate surface area is 109 Å². The molecule has 18 heavy (non-hydrogen) atoms. The molecule has 108 valence electrons. The van der Waals surface area contributed by atoms with Gasteiger partial charge in [-0.2, -0.15) is 35.1 Å². The van der Waals surface area contributed by atoms with Gasteiger partial charge >= 0.3 is 32.8 Å². The lowest BCUT2D eigenvalue weighted by Crippen LogP contribution is -2.81. The summed E-state index contributed by atoms with van der Waals surface area (Å²) in [4.78, 5) is 0. The third kappa shape index (κ3) is 1.29. The molecule has 1 aliphatic rings. The van der Waals surface area contributed by atoms with Crippen LogP contribution in [0.5, 0.6) is 0 Å². The van der Waals surface area contributed by atoms with Gasteiger partial charge in [0.1, 0.15) is 0 Å². The summed E-state index contributed by atoms with van der Waals surface area (Å²) in [7, 11) is 0. The van der Waals surface area contributed by atoms with Crippen LogP contribution < -0.4 is 0 Å². The van der Waals surface area contributed by atoms with E-state index < -0.39 is 32.8 Å². The maximum Gasteiger partial charge on any atom is 0.364 e. The van der Waals surface area contributed by atoms with Crippen LogP contribution in [0.4, 0.5) is 43.9 Å². The third-order valence-electron chi connectivity index (χ3n) is 2.37. The third-order valence-corrected chi connectivity index (χ3v) is 4.36. The molecule has 0 saturated heterocycles. The van der Waals surface area contributed by atoms with E-state index in [9.17, 15) is 43.9 Å². The molecular weight excluding hydrogens is 422 g/mol. The summed E-state index contributed by atoms with van der Waals surface area (Å²) >= 11 is 1.65. The molecule has 0 aromatic carbocycles. The lowest BCUT2D eigenvalue weighted by Gasteiger charge is -2.51. The average Bonchev–Trinajstić information content (AvgIpc) is 2.14. The maximum atomic E-state index is 13.0. The van der Waals surface area contributed by atoms with Crippen molar-refractivity contribution in [2.24, 2.45) is 0 Å². The summed E-state index contributed by atoms with van der Waals surface area (Å²) in [5.41, 5.74) is 0. The Balaban J connectivity index is 3.72. The molecule has 0 N–H and O–H groups in total. The van der Waals surface area contributed by atoms with E-state index in [1.54, 1.807) is 0 Å². The number of rotatable bonds is 0. The van der Waals surface area contributed by atoms with Crippen molar-refractivity contribution in [1.29, 1.82) is 0 Å². The van der Waals surface area contributed by atoms with Crippen LogP contribution in [0.2, 0.25) is 0 Å². The zero-order valence-corrected chi connectivity index (χ0v) is 10.7. The Morgan fingerprint density at radius 1 is 0.389 bits per heavy atom. The second-order valence-corrected chi connectivity index (χ2v) is 5.63. The van der Waals surface area contributed by atoms with Gasteiger partial charge in [0, 0.05) is 0 Å². The minimum Gasteiger partial charge on any atom is -0.217 e. The fourth-order valence-corrected chi connectivity index (χ4v) is 2.18. The lowest BCUT2D eigenvalue weighted by molar-refractivity contribution is -0.416. The van der Waals surface area contributed by atoms with Crippen LogP contribution in [0.15, 0.2) is 0 Å². The Morgan fingerprint density at radius 2 is 0.500 bits per heavy atom. The molecule has 0 spiro atoms. The van der Waals surface area contributed by atoms with Crippen LogP contribution in [0.1, 0.15) is 0 Å². The molecule has 0 amide bonds. The zero-order chi connectivity index (χ0) is 15.0. The van der Waals surface area contributed by atoms with E-state index in [4.69, 9.17) is 0 Å². The van der Waals surface area contributed by atoms with Gasteiger partial charge in [-0.25, -0.2) is 8.78 Å². The first kappa shape index (κ1) is 16.3. The fourth-order valence-electron chi connectivity index (χ4n) is 1.18. The van der Waals surface area contributed by atoms with Crippen LogP contribution in [-0.4, -0.2) is 32.8 Å². The second-order valence-electron chi connectivity index (χ2n) is 3.45. The van der Waals surface area contributed by atoms with Gasteiger partial charge < -0.3 is 0 Å². The van der Waals surface area contributed by atoms with Crippen LogP contribution in [0.3, 0.4) is 0 Å². The van der Waals surface area contributed by atoms with Crippen LogP contribution >= 0.6 is 31.9 Å². The highest BCUT2D eigenvalue weighted by molar-refractivity contribution is 9.10. The van der Waals surface area contributed by atoms with E-state index in [-0.39, 0.29) is 0 Å². The van der Waals surface area contributed by atoms with Crippen molar-refractivity contribution in [3.63, 3.8) is 0 Å². The Morgan fingerprint density at radius 3 is 0.611 bits per heavy atom. The molecule has 1 aliphatic carbocycles. The first-order chi connectivity index (χ1) is 7.50. The van der Waals surface area contributed by atoms with Crippen molar-refractivity contribution in [1.82, 2.24) is 0 Å². The summed E-state index contributed by atoms with van der Waals surface area (Å²) in [5, 5.41) is 0. The molecule has 1 rings (SSSR count). The highest BCUT2D eigenvalue weighted by atomic mass is 79.9. The smallest absolute Gasteiger partial charge is 0.217 e. The predicted molar refractivity (Wildman–Crippen MR) is 45.3 cm³/mol. The second kappa shape index (κ2) is 3.47. The topological polar surface area (TPSA) is 0 Å². The average molecular weight is 422 g/mol. The number of halogens is 12. The van der Waals surface area contributed by atoms with E-state index >= 15 is 0 Å². The van der Waals surface area contributed by atoms with Crippen LogP contribution in [0, 0.1) is 0 Å². The molecule has 0 unspecified atom stereocenters. The molecule has 0 atom stereocenters. The minimum absolute atomic E-state index is 0.824. The first-order valence-corrected chi connectivity index (χ1v) is 5.35. The van der Waals surface area contributed by atoms with Gasteiger partial charge in [-0.05, 0) is 31.9 Å². The molecule has 0 bridgehead atoms. The highest BCUT2D eigenvalue weighted by Crippen LogP contribution is 2.72. The van der Waals surface area contributed by atoms with Crippen molar-refractivity contribution in [2.75, 3.05) is 0 Å². The van der Waals surface area contributed by atoms with E-state index in [1.807, 2.05) is 0 Å². The van der Waals surface area contributed by atoms with E-state index in [2.05, 4.69) is 0 Å².